The molecule has 0 aromatic heterocycles. The predicted molar refractivity (Wildman–Crippen MR) is 84.0 cm³/mol. The Kier molecular flexibility index (Phi) is 4.99. The minimum Gasteiger partial charge on any atom is -0.479 e. The third-order valence-corrected chi connectivity index (χ3v) is 4.73. The van der Waals surface area contributed by atoms with Crippen LogP contribution >= 0.6 is 11.6 Å². The number of carbonyl (C=O) groups excluding carboxylic acids is 2. The zero-order valence-electron chi connectivity index (χ0n) is 12.5. The van der Waals surface area contributed by atoms with E-state index in [2.05, 4.69) is 5.32 Å². The Bertz CT molecular complexity index is 779. The first-order valence-corrected chi connectivity index (χ1v) is 8.92. The van der Waals surface area contributed by atoms with Crippen molar-refractivity contribution in [2.24, 2.45) is 0 Å². The molecule has 11 heteroatoms. The van der Waals surface area contributed by atoms with Crippen LogP contribution in [0.25, 0.3) is 0 Å². The van der Waals surface area contributed by atoms with E-state index in [-0.39, 0.29) is 18.7 Å². The first-order chi connectivity index (χ1) is 11.1. The van der Waals surface area contributed by atoms with Crippen LogP contribution in [0.2, 0.25) is 5.02 Å². The quantitative estimate of drug-likeness (QED) is 0.804. The fraction of sp³-hybridized carbons (Fsp3) is 0.308. The molecule has 9 nitrogen and oxygen atoms in total. The van der Waals surface area contributed by atoms with Gasteiger partial charge in [-0.25, -0.2) is 32.0 Å². The molecule has 1 unspecified atom stereocenters. The molecule has 1 aromatic rings. The van der Waals surface area contributed by atoms with Gasteiger partial charge in [0, 0.05) is 5.02 Å². The minimum atomic E-state index is -3.79. The summed E-state index contributed by atoms with van der Waals surface area (Å²) >= 11 is 5.73. The molecule has 4 amide bonds. The van der Waals surface area contributed by atoms with Crippen molar-refractivity contribution in [3.8, 4) is 0 Å². The molecule has 0 radical (unpaired) electrons. The van der Waals surface area contributed by atoms with E-state index in [1.54, 1.807) is 0 Å². The summed E-state index contributed by atoms with van der Waals surface area (Å²) in [6, 6.07) is 2.36. The van der Waals surface area contributed by atoms with Gasteiger partial charge in [-0.2, -0.15) is 0 Å². The van der Waals surface area contributed by atoms with E-state index in [4.69, 9.17) is 11.6 Å². The molecule has 130 valence electrons. The van der Waals surface area contributed by atoms with Crippen LogP contribution in [0.5, 0.6) is 0 Å². The highest BCUT2D eigenvalue weighted by molar-refractivity contribution is 7.88. The second-order valence-electron chi connectivity index (χ2n) is 5.04. The van der Waals surface area contributed by atoms with Crippen molar-refractivity contribution in [2.45, 2.75) is 6.04 Å². The average molecular weight is 376 g/mol. The van der Waals surface area contributed by atoms with Gasteiger partial charge in [0.15, 0.2) is 6.04 Å². The molecule has 0 saturated carbocycles. The van der Waals surface area contributed by atoms with Gasteiger partial charge in [-0.05, 0) is 17.7 Å². The topological polar surface area (TPSA) is 124 Å². The number of urea groups is 2. The number of nitrogens with one attached hydrogen (secondary N) is 1. The highest BCUT2D eigenvalue weighted by Crippen LogP contribution is 2.19. The average Bonchev–Trinajstić information content (AvgIpc) is 2.87. The normalized spacial score (nSPS) is 16.2. The lowest BCUT2D eigenvalue weighted by atomic mass is 10.1. The summed E-state index contributed by atoms with van der Waals surface area (Å²) in [6.07, 6.45) is 0.847. The predicted octanol–water partition coefficient (Wildman–Crippen LogP) is 0.873. The van der Waals surface area contributed by atoms with Gasteiger partial charge in [0.2, 0.25) is 10.0 Å². The Labute approximate surface area is 142 Å². The largest absolute Gasteiger partial charge is 0.479 e. The Morgan fingerprint density at radius 3 is 2.29 bits per heavy atom. The molecular weight excluding hydrogens is 362 g/mol. The molecule has 24 heavy (non-hydrogen) atoms. The zero-order chi connectivity index (χ0) is 18.1. The number of amides is 4. The van der Waals surface area contributed by atoms with Crippen LogP contribution in [0.1, 0.15) is 11.6 Å². The SMILES string of the molecule is CS(=O)(=O)N1CCN(C(=O)NC(C(=O)O)c2ccc(Cl)cc2)C1=O. The number of benzene rings is 1. The van der Waals surface area contributed by atoms with Crippen molar-refractivity contribution < 1.29 is 27.9 Å². The number of carboxylic acid groups (broad SMARTS) is 1. The molecule has 1 atom stereocenters. The lowest BCUT2D eigenvalue weighted by Gasteiger charge is -2.20. The van der Waals surface area contributed by atoms with Gasteiger partial charge in [-0.15, -0.1) is 0 Å². The van der Waals surface area contributed by atoms with Gasteiger partial charge >= 0.3 is 18.0 Å². The molecule has 1 aliphatic heterocycles. The van der Waals surface area contributed by atoms with Crippen LogP contribution in [-0.4, -0.2) is 60.1 Å². The highest BCUT2D eigenvalue weighted by Gasteiger charge is 2.39. The van der Waals surface area contributed by atoms with Crippen LogP contribution in [0.4, 0.5) is 9.59 Å². The van der Waals surface area contributed by atoms with Crippen molar-refractivity contribution in [3.05, 3.63) is 34.9 Å². The Morgan fingerprint density at radius 2 is 1.83 bits per heavy atom. The maximum atomic E-state index is 12.2. The molecule has 2 N–H and O–H groups in total. The standard InChI is InChI=1S/C13H14ClN3O6S/c1-24(22,23)17-7-6-16(13(17)21)12(20)15-10(11(18)19)8-2-4-9(14)5-3-8/h2-5,10H,6-7H2,1H3,(H,15,20)(H,18,19). The van der Waals surface area contributed by atoms with Crippen molar-refractivity contribution in [2.75, 3.05) is 19.3 Å². The first-order valence-electron chi connectivity index (χ1n) is 6.69. The summed E-state index contributed by atoms with van der Waals surface area (Å²) in [6.45, 7) is -0.339. The van der Waals surface area contributed by atoms with Crippen molar-refractivity contribution >= 4 is 39.7 Å². The van der Waals surface area contributed by atoms with Gasteiger partial charge in [0.05, 0.1) is 19.3 Å². The minimum absolute atomic E-state index is 0.162. The number of hydrogen-bond donors (Lipinski definition) is 2. The van der Waals surface area contributed by atoms with Gasteiger partial charge in [-0.1, -0.05) is 23.7 Å². The third-order valence-electron chi connectivity index (χ3n) is 3.33. The smallest absolute Gasteiger partial charge is 0.341 e. The molecule has 1 heterocycles. The molecule has 1 saturated heterocycles. The molecule has 0 aliphatic carbocycles. The number of rotatable bonds is 4. The fourth-order valence-corrected chi connectivity index (χ4v) is 3.08. The van der Waals surface area contributed by atoms with E-state index in [1.165, 1.54) is 24.3 Å². The molecule has 1 aliphatic rings. The first kappa shape index (κ1) is 18.0. The highest BCUT2D eigenvalue weighted by atomic mass is 35.5. The van der Waals surface area contributed by atoms with Crippen LogP contribution in [0, 0.1) is 0 Å². The van der Waals surface area contributed by atoms with E-state index >= 15 is 0 Å². The number of aliphatic carboxylic acids is 1. The van der Waals surface area contributed by atoms with E-state index in [0.717, 1.165) is 6.26 Å². The number of nitrogens with zero attached hydrogens (tertiary/aromatic N) is 2. The number of carboxylic acids is 1. The summed E-state index contributed by atoms with van der Waals surface area (Å²) in [5.74, 6) is -1.34. The third kappa shape index (κ3) is 3.77. The lowest BCUT2D eigenvalue weighted by Crippen LogP contribution is -2.46. The molecule has 0 spiro atoms. The summed E-state index contributed by atoms with van der Waals surface area (Å²) < 4.78 is 23.4. The lowest BCUT2D eigenvalue weighted by molar-refractivity contribution is -0.139. The molecular formula is C13H14ClN3O6S. The monoisotopic (exact) mass is 375 g/mol. The van der Waals surface area contributed by atoms with Crippen molar-refractivity contribution in [1.29, 1.82) is 0 Å². The second-order valence-corrected chi connectivity index (χ2v) is 7.38. The molecule has 1 aromatic carbocycles. The van der Waals surface area contributed by atoms with Gasteiger partial charge in [-0.3, -0.25) is 0 Å². The summed E-state index contributed by atoms with van der Waals surface area (Å²) in [5.41, 5.74) is 0.256. The number of halogens is 1. The maximum Gasteiger partial charge on any atom is 0.341 e. The van der Waals surface area contributed by atoms with E-state index < -0.39 is 34.1 Å². The van der Waals surface area contributed by atoms with Gasteiger partial charge in [0.25, 0.3) is 0 Å². The van der Waals surface area contributed by atoms with E-state index in [1.807, 2.05) is 0 Å². The summed E-state index contributed by atoms with van der Waals surface area (Å²) in [5, 5.41) is 11.9. The van der Waals surface area contributed by atoms with E-state index in [9.17, 15) is 27.9 Å². The number of hydrogen-bond acceptors (Lipinski definition) is 5. The van der Waals surface area contributed by atoms with Crippen LogP contribution in [0.3, 0.4) is 0 Å². The number of carbonyl (C=O) groups is 3. The zero-order valence-corrected chi connectivity index (χ0v) is 14.0. The number of imide groups is 1. The van der Waals surface area contributed by atoms with Gasteiger partial charge < -0.3 is 10.4 Å². The maximum absolute atomic E-state index is 12.2. The Hall–Kier alpha value is -2.33. The number of sulfonamides is 1. The Morgan fingerprint density at radius 1 is 1.25 bits per heavy atom. The van der Waals surface area contributed by atoms with E-state index in [0.29, 0.717) is 14.2 Å². The Balaban J connectivity index is 2.16. The second kappa shape index (κ2) is 6.65. The summed E-state index contributed by atoms with van der Waals surface area (Å²) in [4.78, 5) is 36.2. The molecule has 1 fully saturated rings. The molecule has 0 bridgehead atoms. The van der Waals surface area contributed by atoms with Crippen LogP contribution in [0.15, 0.2) is 24.3 Å². The van der Waals surface area contributed by atoms with Crippen LogP contribution in [-0.2, 0) is 14.8 Å². The fourth-order valence-electron chi connectivity index (χ4n) is 2.16. The van der Waals surface area contributed by atoms with Gasteiger partial charge in [0.1, 0.15) is 0 Å². The van der Waals surface area contributed by atoms with Crippen molar-refractivity contribution in [1.82, 2.24) is 14.5 Å². The summed E-state index contributed by atoms with van der Waals surface area (Å²) in [7, 11) is -3.79. The van der Waals surface area contributed by atoms with Crippen LogP contribution < -0.4 is 5.32 Å². The molecule has 2 rings (SSSR count). The van der Waals surface area contributed by atoms with Crippen molar-refractivity contribution in [3.63, 3.8) is 0 Å².